The molecule has 1 unspecified atom stereocenters. The second kappa shape index (κ2) is 5.56. The minimum absolute atomic E-state index is 0.284. The molecule has 1 aromatic carbocycles. The third kappa shape index (κ3) is 2.66. The standard InChI is InChI=1S/C14H18O5/c1-16-12-7-10(15)13-11(18-12)8-17-14(19-13)9-5-3-2-4-6-9/h2-6,10-15H,7-8H2,1H3/t10-,11-,12+,13+,14?/m1/s1. The summed E-state index contributed by atoms with van der Waals surface area (Å²) in [6.07, 6.45) is -1.67. The second-order valence-electron chi connectivity index (χ2n) is 4.82. The van der Waals surface area contributed by atoms with E-state index in [4.69, 9.17) is 18.9 Å². The summed E-state index contributed by atoms with van der Waals surface area (Å²) in [7, 11) is 1.56. The van der Waals surface area contributed by atoms with Crippen molar-refractivity contribution in [2.45, 2.75) is 37.3 Å². The number of fused-ring (bicyclic) bond motifs is 1. The van der Waals surface area contributed by atoms with E-state index in [1.54, 1.807) is 7.11 Å². The van der Waals surface area contributed by atoms with E-state index in [1.807, 2.05) is 30.3 Å². The fraction of sp³-hybridized carbons (Fsp3) is 0.571. The first-order valence-electron chi connectivity index (χ1n) is 6.46. The normalized spacial score (nSPS) is 38.7. The Bertz CT molecular complexity index is 410. The van der Waals surface area contributed by atoms with Crippen LogP contribution in [0, 0.1) is 0 Å². The highest BCUT2D eigenvalue weighted by molar-refractivity contribution is 5.16. The number of aliphatic hydroxyl groups excluding tert-OH is 1. The maximum absolute atomic E-state index is 10.1. The average molecular weight is 266 g/mol. The van der Waals surface area contributed by atoms with Gasteiger partial charge >= 0.3 is 0 Å². The molecule has 5 atom stereocenters. The molecule has 0 bridgehead atoms. The van der Waals surface area contributed by atoms with Crippen molar-refractivity contribution in [1.29, 1.82) is 0 Å². The van der Waals surface area contributed by atoms with Gasteiger partial charge in [-0.15, -0.1) is 0 Å². The largest absolute Gasteiger partial charge is 0.390 e. The van der Waals surface area contributed by atoms with Gasteiger partial charge in [0.25, 0.3) is 0 Å². The summed E-state index contributed by atoms with van der Waals surface area (Å²) in [5, 5.41) is 10.1. The molecule has 1 aromatic rings. The maximum atomic E-state index is 10.1. The number of hydrogen-bond donors (Lipinski definition) is 1. The first-order chi connectivity index (χ1) is 9.28. The van der Waals surface area contributed by atoms with Gasteiger partial charge in [0.15, 0.2) is 12.6 Å². The lowest BCUT2D eigenvalue weighted by Gasteiger charge is -2.43. The van der Waals surface area contributed by atoms with Crippen LogP contribution < -0.4 is 0 Å². The van der Waals surface area contributed by atoms with Crippen LogP contribution in [0.5, 0.6) is 0 Å². The Morgan fingerprint density at radius 3 is 2.74 bits per heavy atom. The molecule has 3 rings (SSSR count). The quantitative estimate of drug-likeness (QED) is 0.872. The van der Waals surface area contributed by atoms with Crippen molar-refractivity contribution < 1.29 is 24.1 Å². The molecule has 2 fully saturated rings. The highest BCUT2D eigenvalue weighted by Crippen LogP contribution is 2.33. The van der Waals surface area contributed by atoms with E-state index in [0.717, 1.165) is 5.56 Å². The Kier molecular flexibility index (Phi) is 3.81. The number of methoxy groups -OCH3 is 1. The average Bonchev–Trinajstić information content (AvgIpc) is 2.47. The van der Waals surface area contributed by atoms with Gasteiger partial charge in [-0.1, -0.05) is 30.3 Å². The molecule has 5 heteroatoms. The van der Waals surface area contributed by atoms with Crippen molar-refractivity contribution in [2.24, 2.45) is 0 Å². The Morgan fingerprint density at radius 2 is 2.00 bits per heavy atom. The van der Waals surface area contributed by atoms with E-state index < -0.39 is 18.7 Å². The molecule has 0 amide bonds. The molecule has 2 aliphatic rings. The van der Waals surface area contributed by atoms with Gasteiger partial charge in [-0.3, -0.25) is 0 Å². The fourth-order valence-corrected chi connectivity index (χ4v) is 2.52. The Morgan fingerprint density at radius 1 is 1.21 bits per heavy atom. The van der Waals surface area contributed by atoms with Crippen LogP contribution in [-0.4, -0.2) is 43.4 Å². The summed E-state index contributed by atoms with van der Waals surface area (Å²) in [5.41, 5.74) is 0.946. The zero-order chi connectivity index (χ0) is 13.2. The molecule has 104 valence electrons. The molecule has 2 saturated heterocycles. The van der Waals surface area contributed by atoms with Gasteiger partial charge in [0.1, 0.15) is 12.2 Å². The zero-order valence-electron chi connectivity index (χ0n) is 10.8. The lowest BCUT2D eigenvalue weighted by Crippen LogP contribution is -2.55. The van der Waals surface area contributed by atoms with Gasteiger partial charge in [-0.2, -0.15) is 0 Å². The van der Waals surface area contributed by atoms with E-state index in [-0.39, 0.29) is 12.2 Å². The monoisotopic (exact) mass is 266 g/mol. The molecule has 19 heavy (non-hydrogen) atoms. The summed E-state index contributed by atoms with van der Waals surface area (Å²) < 4.78 is 22.3. The van der Waals surface area contributed by atoms with Gasteiger partial charge in [0, 0.05) is 19.1 Å². The first kappa shape index (κ1) is 13.0. The number of ether oxygens (including phenoxy) is 4. The highest BCUT2D eigenvalue weighted by atomic mass is 16.7. The van der Waals surface area contributed by atoms with Crippen LogP contribution >= 0.6 is 0 Å². The van der Waals surface area contributed by atoms with Crippen molar-refractivity contribution in [3.05, 3.63) is 35.9 Å². The minimum atomic E-state index is -0.598. The maximum Gasteiger partial charge on any atom is 0.184 e. The van der Waals surface area contributed by atoms with Crippen LogP contribution in [0.2, 0.25) is 0 Å². The highest BCUT2D eigenvalue weighted by Gasteiger charge is 2.43. The van der Waals surface area contributed by atoms with Crippen molar-refractivity contribution in [2.75, 3.05) is 13.7 Å². The molecule has 0 saturated carbocycles. The van der Waals surface area contributed by atoms with Crippen LogP contribution in [-0.2, 0) is 18.9 Å². The second-order valence-corrected chi connectivity index (χ2v) is 4.82. The fourth-order valence-electron chi connectivity index (χ4n) is 2.52. The summed E-state index contributed by atoms with van der Waals surface area (Å²) >= 11 is 0. The van der Waals surface area contributed by atoms with Crippen LogP contribution in [0.4, 0.5) is 0 Å². The predicted molar refractivity (Wildman–Crippen MR) is 66.3 cm³/mol. The van der Waals surface area contributed by atoms with E-state index in [1.165, 1.54) is 0 Å². The van der Waals surface area contributed by atoms with Gasteiger partial charge in [0.05, 0.1) is 12.7 Å². The van der Waals surface area contributed by atoms with Gasteiger partial charge in [-0.05, 0) is 0 Å². The molecule has 0 radical (unpaired) electrons. The van der Waals surface area contributed by atoms with Gasteiger partial charge < -0.3 is 24.1 Å². The lowest BCUT2D eigenvalue weighted by atomic mass is 10.0. The minimum Gasteiger partial charge on any atom is -0.390 e. The summed E-state index contributed by atoms with van der Waals surface area (Å²) in [4.78, 5) is 0. The third-order valence-electron chi connectivity index (χ3n) is 3.53. The number of hydrogen-bond acceptors (Lipinski definition) is 5. The zero-order valence-corrected chi connectivity index (χ0v) is 10.8. The molecule has 0 aromatic heterocycles. The molecular weight excluding hydrogens is 248 g/mol. The summed E-state index contributed by atoms with van der Waals surface area (Å²) in [6.45, 7) is 0.390. The summed E-state index contributed by atoms with van der Waals surface area (Å²) in [6, 6.07) is 9.70. The van der Waals surface area contributed by atoms with Crippen LogP contribution in [0.15, 0.2) is 30.3 Å². The van der Waals surface area contributed by atoms with Crippen molar-refractivity contribution in [3.63, 3.8) is 0 Å². The lowest BCUT2D eigenvalue weighted by molar-refractivity contribution is -0.334. The van der Waals surface area contributed by atoms with E-state index in [0.29, 0.717) is 13.0 Å². The predicted octanol–water partition coefficient (Wildman–Crippen LogP) is 1.22. The van der Waals surface area contributed by atoms with E-state index in [9.17, 15) is 5.11 Å². The van der Waals surface area contributed by atoms with Gasteiger partial charge in [-0.25, -0.2) is 0 Å². The van der Waals surface area contributed by atoms with Crippen LogP contribution in [0.25, 0.3) is 0 Å². The molecule has 2 aliphatic heterocycles. The molecule has 0 spiro atoms. The Hall–Kier alpha value is -0.980. The molecule has 0 aliphatic carbocycles. The van der Waals surface area contributed by atoms with E-state index in [2.05, 4.69) is 0 Å². The molecule has 1 N–H and O–H groups in total. The Labute approximate surface area is 112 Å². The number of rotatable bonds is 2. The molecule has 5 nitrogen and oxygen atoms in total. The number of benzene rings is 1. The van der Waals surface area contributed by atoms with Crippen LogP contribution in [0.1, 0.15) is 18.3 Å². The Balaban J connectivity index is 1.70. The topological polar surface area (TPSA) is 57.2 Å². The summed E-state index contributed by atoms with van der Waals surface area (Å²) in [5.74, 6) is 0. The van der Waals surface area contributed by atoms with E-state index >= 15 is 0 Å². The van der Waals surface area contributed by atoms with Crippen molar-refractivity contribution >= 4 is 0 Å². The van der Waals surface area contributed by atoms with Crippen molar-refractivity contribution in [1.82, 2.24) is 0 Å². The van der Waals surface area contributed by atoms with Crippen molar-refractivity contribution in [3.8, 4) is 0 Å². The SMILES string of the molecule is CO[C@@H]1C[C@@H](O)[C@@H]2OC(c3ccccc3)OC[C@H]2O1. The molecular formula is C14H18O5. The smallest absolute Gasteiger partial charge is 0.184 e. The first-order valence-corrected chi connectivity index (χ1v) is 6.46. The third-order valence-corrected chi connectivity index (χ3v) is 3.53. The van der Waals surface area contributed by atoms with Crippen LogP contribution in [0.3, 0.4) is 0 Å². The van der Waals surface area contributed by atoms with Gasteiger partial charge in [0.2, 0.25) is 0 Å². The molecule has 2 heterocycles. The number of aliphatic hydroxyl groups is 1.